The van der Waals surface area contributed by atoms with Crippen molar-refractivity contribution in [1.82, 2.24) is 4.31 Å². The average molecular weight is 293 g/mol. The van der Waals surface area contributed by atoms with Crippen molar-refractivity contribution < 1.29 is 23.1 Å². The lowest BCUT2D eigenvalue weighted by molar-refractivity contribution is -0.137. The summed E-state index contributed by atoms with van der Waals surface area (Å²) >= 11 is 0. The van der Waals surface area contributed by atoms with Crippen LogP contribution in [0.5, 0.6) is 0 Å². The average Bonchev–Trinajstić information content (AvgIpc) is 2.77. The van der Waals surface area contributed by atoms with E-state index in [0.29, 0.717) is 0 Å². The molecular weight excluding hydrogens is 270 g/mol. The molecule has 112 valence electrons. The Hall–Kier alpha value is -0.660. The third-order valence-electron chi connectivity index (χ3n) is 3.17. The first kappa shape index (κ1) is 16.4. The van der Waals surface area contributed by atoms with E-state index < -0.39 is 22.5 Å². The number of sulfonamides is 1. The van der Waals surface area contributed by atoms with Crippen molar-refractivity contribution in [2.75, 3.05) is 18.9 Å². The van der Waals surface area contributed by atoms with Gasteiger partial charge in [-0.05, 0) is 26.7 Å². The molecule has 0 bridgehead atoms. The van der Waals surface area contributed by atoms with Crippen LogP contribution in [0, 0.1) is 0 Å². The van der Waals surface area contributed by atoms with Crippen LogP contribution in [0.2, 0.25) is 0 Å². The predicted molar refractivity (Wildman–Crippen MR) is 71.5 cm³/mol. The molecule has 1 aliphatic rings. The summed E-state index contributed by atoms with van der Waals surface area (Å²) in [6, 6.07) is -0.167. The Labute approximate surface area is 114 Å². The van der Waals surface area contributed by atoms with Crippen molar-refractivity contribution in [3.63, 3.8) is 0 Å². The highest BCUT2D eigenvalue weighted by Crippen LogP contribution is 2.25. The van der Waals surface area contributed by atoms with Crippen molar-refractivity contribution in [3.8, 4) is 0 Å². The molecule has 0 atom stereocenters. The van der Waals surface area contributed by atoms with Crippen LogP contribution in [0.25, 0.3) is 0 Å². The van der Waals surface area contributed by atoms with Crippen LogP contribution in [0.1, 0.15) is 39.5 Å². The molecule has 1 saturated carbocycles. The molecule has 1 rings (SSSR count). The Morgan fingerprint density at radius 3 is 2.42 bits per heavy atom. The Bertz CT molecular complexity index is 387. The zero-order valence-corrected chi connectivity index (χ0v) is 12.4. The normalized spacial score (nSPS) is 17.5. The minimum Gasteiger partial charge on any atom is -0.480 e. The fourth-order valence-corrected chi connectivity index (χ4v) is 3.80. The standard InChI is InChI=1S/C12H23NO5S/c1-10(2)18-7-8-19(16,17)13(9-12(14)15)11-5-3-4-6-11/h10-11H,3-9H2,1-2H3,(H,14,15). The van der Waals surface area contributed by atoms with Crippen LogP contribution in [-0.4, -0.2) is 54.8 Å². The van der Waals surface area contributed by atoms with E-state index in [1.165, 1.54) is 0 Å². The van der Waals surface area contributed by atoms with Gasteiger partial charge in [0.15, 0.2) is 0 Å². The van der Waals surface area contributed by atoms with Gasteiger partial charge in [-0.1, -0.05) is 12.8 Å². The maximum absolute atomic E-state index is 12.2. The molecule has 0 aromatic heterocycles. The molecule has 19 heavy (non-hydrogen) atoms. The third-order valence-corrected chi connectivity index (χ3v) is 5.00. The van der Waals surface area contributed by atoms with Crippen molar-refractivity contribution in [2.24, 2.45) is 0 Å². The van der Waals surface area contributed by atoms with E-state index in [-0.39, 0.29) is 24.5 Å². The van der Waals surface area contributed by atoms with Gasteiger partial charge in [-0.3, -0.25) is 4.79 Å². The summed E-state index contributed by atoms with van der Waals surface area (Å²) in [5, 5.41) is 8.88. The fraction of sp³-hybridized carbons (Fsp3) is 0.917. The summed E-state index contributed by atoms with van der Waals surface area (Å²) in [6.07, 6.45) is 3.38. The lowest BCUT2D eigenvalue weighted by atomic mass is 10.2. The number of aliphatic carboxylic acids is 1. The largest absolute Gasteiger partial charge is 0.480 e. The second-order valence-corrected chi connectivity index (χ2v) is 7.15. The first-order valence-electron chi connectivity index (χ1n) is 6.66. The maximum atomic E-state index is 12.2. The molecule has 0 amide bonds. The van der Waals surface area contributed by atoms with Crippen molar-refractivity contribution in [1.29, 1.82) is 0 Å². The highest BCUT2D eigenvalue weighted by Gasteiger charge is 2.33. The van der Waals surface area contributed by atoms with E-state index in [9.17, 15) is 13.2 Å². The predicted octanol–water partition coefficient (Wildman–Crippen LogP) is 1.07. The van der Waals surface area contributed by atoms with Gasteiger partial charge >= 0.3 is 5.97 Å². The monoisotopic (exact) mass is 293 g/mol. The van der Waals surface area contributed by atoms with E-state index >= 15 is 0 Å². The molecule has 1 aliphatic carbocycles. The van der Waals surface area contributed by atoms with Gasteiger partial charge < -0.3 is 9.84 Å². The number of nitrogens with zero attached hydrogens (tertiary/aromatic N) is 1. The van der Waals surface area contributed by atoms with E-state index in [0.717, 1.165) is 30.0 Å². The second kappa shape index (κ2) is 7.21. The molecule has 0 radical (unpaired) electrons. The molecule has 0 unspecified atom stereocenters. The molecule has 7 heteroatoms. The number of hydrogen-bond donors (Lipinski definition) is 1. The van der Waals surface area contributed by atoms with Gasteiger partial charge in [0.2, 0.25) is 10.0 Å². The number of carboxylic acids is 1. The Kier molecular flexibility index (Phi) is 6.22. The van der Waals surface area contributed by atoms with E-state index in [1.807, 2.05) is 13.8 Å². The van der Waals surface area contributed by atoms with Crippen molar-refractivity contribution >= 4 is 16.0 Å². The molecular formula is C12H23NO5S. The van der Waals surface area contributed by atoms with E-state index in [4.69, 9.17) is 9.84 Å². The molecule has 0 aliphatic heterocycles. The minimum atomic E-state index is -3.57. The van der Waals surface area contributed by atoms with Crippen LogP contribution in [0.4, 0.5) is 0 Å². The zero-order valence-electron chi connectivity index (χ0n) is 11.5. The second-order valence-electron chi connectivity index (χ2n) is 5.11. The summed E-state index contributed by atoms with van der Waals surface area (Å²) in [7, 11) is -3.57. The number of carboxylic acid groups (broad SMARTS) is 1. The Morgan fingerprint density at radius 1 is 1.37 bits per heavy atom. The lowest BCUT2D eigenvalue weighted by Gasteiger charge is -2.26. The Morgan fingerprint density at radius 2 is 1.95 bits per heavy atom. The van der Waals surface area contributed by atoms with Crippen molar-refractivity contribution in [3.05, 3.63) is 0 Å². The van der Waals surface area contributed by atoms with E-state index in [1.54, 1.807) is 0 Å². The van der Waals surface area contributed by atoms with Gasteiger partial charge in [-0.15, -0.1) is 0 Å². The van der Waals surface area contributed by atoms with Gasteiger partial charge in [0.05, 0.1) is 18.5 Å². The molecule has 0 heterocycles. The van der Waals surface area contributed by atoms with Crippen molar-refractivity contribution in [2.45, 2.75) is 51.7 Å². The number of rotatable bonds is 8. The third kappa shape index (κ3) is 5.46. The SMILES string of the molecule is CC(C)OCCS(=O)(=O)N(CC(=O)O)C1CCCC1. The van der Waals surface area contributed by atoms with Crippen LogP contribution in [0.15, 0.2) is 0 Å². The highest BCUT2D eigenvalue weighted by molar-refractivity contribution is 7.89. The van der Waals surface area contributed by atoms with Crippen LogP contribution >= 0.6 is 0 Å². The summed E-state index contributed by atoms with van der Waals surface area (Å²) < 4.78 is 30.8. The quantitative estimate of drug-likeness (QED) is 0.723. The highest BCUT2D eigenvalue weighted by atomic mass is 32.2. The first-order valence-corrected chi connectivity index (χ1v) is 8.27. The molecule has 1 fully saturated rings. The van der Waals surface area contributed by atoms with Crippen LogP contribution in [0.3, 0.4) is 0 Å². The molecule has 0 saturated heterocycles. The summed E-state index contributed by atoms with van der Waals surface area (Å²) in [5.41, 5.74) is 0. The summed E-state index contributed by atoms with van der Waals surface area (Å²) in [6.45, 7) is 3.31. The van der Waals surface area contributed by atoms with Crippen LogP contribution < -0.4 is 0 Å². The molecule has 0 aromatic carbocycles. The summed E-state index contributed by atoms with van der Waals surface area (Å²) in [4.78, 5) is 10.9. The summed E-state index contributed by atoms with van der Waals surface area (Å²) in [5.74, 6) is -1.27. The zero-order chi connectivity index (χ0) is 14.5. The van der Waals surface area contributed by atoms with Gasteiger partial charge in [0, 0.05) is 6.04 Å². The first-order chi connectivity index (χ1) is 8.83. The topological polar surface area (TPSA) is 83.9 Å². The molecule has 0 aromatic rings. The molecule has 0 spiro atoms. The fourth-order valence-electron chi connectivity index (χ4n) is 2.29. The molecule has 6 nitrogen and oxygen atoms in total. The van der Waals surface area contributed by atoms with Gasteiger partial charge in [-0.25, -0.2) is 8.42 Å². The number of ether oxygens (including phenoxy) is 1. The number of hydrogen-bond acceptors (Lipinski definition) is 4. The maximum Gasteiger partial charge on any atom is 0.318 e. The lowest BCUT2D eigenvalue weighted by Crippen LogP contribution is -2.44. The minimum absolute atomic E-state index is 0.0328. The number of carbonyl (C=O) groups is 1. The Balaban J connectivity index is 2.68. The van der Waals surface area contributed by atoms with E-state index in [2.05, 4.69) is 0 Å². The van der Waals surface area contributed by atoms with Crippen LogP contribution in [-0.2, 0) is 19.6 Å². The smallest absolute Gasteiger partial charge is 0.318 e. The van der Waals surface area contributed by atoms with Gasteiger partial charge in [0.1, 0.15) is 6.54 Å². The van der Waals surface area contributed by atoms with Gasteiger partial charge in [0.25, 0.3) is 0 Å². The van der Waals surface area contributed by atoms with Gasteiger partial charge in [-0.2, -0.15) is 4.31 Å². The molecule has 1 N–H and O–H groups in total.